The third-order valence-corrected chi connectivity index (χ3v) is 5.47. The lowest BCUT2D eigenvalue weighted by Gasteiger charge is -2.24. The molecule has 1 saturated heterocycles. The van der Waals surface area contributed by atoms with Crippen LogP contribution < -0.4 is 10.2 Å². The zero-order valence-electron chi connectivity index (χ0n) is 14.8. The minimum absolute atomic E-state index is 0.0116. The largest absolute Gasteiger partial charge is 0.326 e. The number of aryl methyl sites for hydroxylation is 1. The van der Waals surface area contributed by atoms with Crippen LogP contribution in [-0.4, -0.2) is 17.6 Å². The number of halogens is 1. The molecule has 1 heterocycles. The van der Waals surface area contributed by atoms with E-state index in [1.165, 1.54) is 17.8 Å². The first kappa shape index (κ1) is 18.5. The van der Waals surface area contributed by atoms with E-state index in [0.29, 0.717) is 23.4 Å². The quantitative estimate of drug-likeness (QED) is 0.831. The van der Waals surface area contributed by atoms with Crippen molar-refractivity contribution in [2.24, 2.45) is 0 Å². The maximum absolute atomic E-state index is 13.9. The second kappa shape index (κ2) is 7.91. The maximum atomic E-state index is 13.9. The molecule has 1 N–H and O–H groups in total. The Kier molecular flexibility index (Phi) is 5.61. The second-order valence-corrected chi connectivity index (χ2v) is 7.35. The second-order valence-electron chi connectivity index (χ2n) is 6.28. The van der Waals surface area contributed by atoms with Gasteiger partial charge < -0.3 is 5.32 Å². The van der Waals surface area contributed by atoms with Crippen LogP contribution in [0.15, 0.2) is 42.5 Å². The number of thioether (sulfide) groups is 1. The lowest BCUT2D eigenvalue weighted by atomic mass is 10.1. The van der Waals surface area contributed by atoms with Gasteiger partial charge in [0.25, 0.3) is 0 Å². The minimum Gasteiger partial charge on any atom is -0.326 e. The Labute approximate surface area is 156 Å². The molecule has 1 aliphatic rings. The Balaban J connectivity index is 1.82. The van der Waals surface area contributed by atoms with E-state index in [4.69, 9.17) is 0 Å². The van der Waals surface area contributed by atoms with Crippen LogP contribution in [0.5, 0.6) is 0 Å². The molecular weight excluding hydrogens is 351 g/mol. The number of carbonyl (C=O) groups is 2. The number of nitrogens with one attached hydrogen (secondary N) is 1. The average molecular weight is 372 g/mol. The highest BCUT2D eigenvalue weighted by molar-refractivity contribution is 8.00. The first-order valence-electron chi connectivity index (χ1n) is 8.59. The van der Waals surface area contributed by atoms with Gasteiger partial charge in [0.2, 0.25) is 11.8 Å². The van der Waals surface area contributed by atoms with E-state index in [-0.39, 0.29) is 23.0 Å². The highest BCUT2D eigenvalue weighted by Gasteiger charge is 2.34. The molecule has 0 saturated carbocycles. The molecule has 26 heavy (non-hydrogen) atoms. The molecule has 2 amide bonds. The number of amides is 2. The summed E-state index contributed by atoms with van der Waals surface area (Å²) in [7, 11) is 0. The van der Waals surface area contributed by atoms with Crippen molar-refractivity contribution in [2.45, 2.75) is 32.1 Å². The summed E-state index contributed by atoms with van der Waals surface area (Å²) in [6.07, 6.45) is 1.29. The predicted molar refractivity (Wildman–Crippen MR) is 104 cm³/mol. The molecule has 0 spiro atoms. The van der Waals surface area contributed by atoms with Gasteiger partial charge in [-0.2, -0.15) is 0 Å². The third kappa shape index (κ3) is 3.90. The van der Waals surface area contributed by atoms with Crippen LogP contribution in [0.3, 0.4) is 0 Å². The Bertz CT molecular complexity index is 823. The predicted octanol–water partition coefficient (Wildman–Crippen LogP) is 4.65. The van der Waals surface area contributed by atoms with Gasteiger partial charge in [0.05, 0.1) is 5.75 Å². The molecule has 6 heteroatoms. The summed E-state index contributed by atoms with van der Waals surface area (Å²) in [6, 6.07) is 12.3. The molecule has 1 aliphatic heterocycles. The fourth-order valence-electron chi connectivity index (χ4n) is 2.86. The van der Waals surface area contributed by atoms with Gasteiger partial charge in [-0.1, -0.05) is 25.1 Å². The molecule has 3 rings (SSSR count). The number of rotatable bonds is 5. The van der Waals surface area contributed by atoms with E-state index >= 15 is 0 Å². The zero-order valence-corrected chi connectivity index (χ0v) is 15.6. The van der Waals surface area contributed by atoms with Crippen LogP contribution in [0, 0.1) is 12.7 Å². The topological polar surface area (TPSA) is 49.4 Å². The van der Waals surface area contributed by atoms with E-state index in [0.717, 1.165) is 17.7 Å². The Hall–Kier alpha value is -2.34. The fraction of sp³-hybridized carbons (Fsp3) is 0.300. The summed E-state index contributed by atoms with van der Waals surface area (Å²) in [5.74, 6) is -0.0132. The Morgan fingerprint density at radius 2 is 2.00 bits per heavy atom. The Morgan fingerprint density at radius 3 is 2.65 bits per heavy atom. The van der Waals surface area contributed by atoms with Gasteiger partial charge in [0.1, 0.15) is 11.2 Å². The van der Waals surface area contributed by atoms with E-state index in [1.807, 2.05) is 31.2 Å². The van der Waals surface area contributed by atoms with Crippen LogP contribution in [0.4, 0.5) is 15.8 Å². The summed E-state index contributed by atoms with van der Waals surface area (Å²) in [5, 5.41) is 2.65. The summed E-state index contributed by atoms with van der Waals surface area (Å²) in [5.41, 5.74) is 2.79. The monoisotopic (exact) mass is 372 g/mol. The van der Waals surface area contributed by atoms with Gasteiger partial charge in [-0.15, -0.1) is 11.8 Å². The molecule has 0 radical (unpaired) electrons. The summed E-state index contributed by atoms with van der Waals surface area (Å²) in [4.78, 5) is 25.7. The summed E-state index contributed by atoms with van der Waals surface area (Å²) in [6.45, 7) is 3.65. The highest BCUT2D eigenvalue weighted by atomic mass is 32.2. The number of hydrogen-bond acceptors (Lipinski definition) is 3. The zero-order chi connectivity index (χ0) is 18.7. The van der Waals surface area contributed by atoms with Gasteiger partial charge in [-0.25, -0.2) is 4.39 Å². The van der Waals surface area contributed by atoms with E-state index in [9.17, 15) is 14.0 Å². The van der Waals surface area contributed by atoms with Gasteiger partial charge in [0.15, 0.2) is 0 Å². The van der Waals surface area contributed by atoms with Crippen LogP contribution in [0.25, 0.3) is 0 Å². The molecule has 1 unspecified atom stereocenters. The molecule has 136 valence electrons. The number of hydrogen-bond donors (Lipinski definition) is 1. The highest BCUT2D eigenvalue weighted by Crippen LogP contribution is 2.42. The van der Waals surface area contributed by atoms with Crippen molar-refractivity contribution in [3.63, 3.8) is 0 Å². The van der Waals surface area contributed by atoms with Crippen LogP contribution in [-0.2, 0) is 9.59 Å². The van der Waals surface area contributed by atoms with Crippen molar-refractivity contribution >= 4 is 35.0 Å². The maximum Gasteiger partial charge on any atom is 0.238 e. The number of nitrogens with zero attached hydrogens (tertiary/aromatic N) is 1. The molecule has 2 aromatic carbocycles. The van der Waals surface area contributed by atoms with Crippen molar-refractivity contribution in [3.05, 3.63) is 59.4 Å². The van der Waals surface area contributed by atoms with Crippen molar-refractivity contribution in [1.29, 1.82) is 0 Å². The lowest BCUT2D eigenvalue weighted by molar-refractivity contribution is -0.116. The van der Waals surface area contributed by atoms with Gasteiger partial charge in [-0.3, -0.25) is 14.5 Å². The van der Waals surface area contributed by atoms with Crippen LogP contribution >= 0.6 is 11.8 Å². The molecule has 1 atom stereocenters. The standard InChI is InChI=1S/C20H21FN2O2S/c1-3-4-18(24)22-15-8-6-14(7-9-15)20-23(19(25)12-26-20)16-10-5-13(2)17(21)11-16/h5-11,20H,3-4,12H2,1-2H3,(H,22,24). The number of anilines is 2. The first-order valence-corrected chi connectivity index (χ1v) is 9.64. The summed E-state index contributed by atoms with van der Waals surface area (Å²) >= 11 is 1.51. The molecule has 1 fully saturated rings. The Morgan fingerprint density at radius 1 is 1.27 bits per heavy atom. The van der Waals surface area contributed by atoms with Crippen molar-refractivity contribution in [2.75, 3.05) is 16.0 Å². The molecule has 0 aromatic heterocycles. The van der Waals surface area contributed by atoms with Crippen molar-refractivity contribution in [3.8, 4) is 0 Å². The first-order chi connectivity index (χ1) is 12.5. The smallest absolute Gasteiger partial charge is 0.238 e. The van der Waals surface area contributed by atoms with E-state index in [1.54, 1.807) is 24.0 Å². The van der Waals surface area contributed by atoms with Crippen LogP contribution in [0.2, 0.25) is 0 Å². The van der Waals surface area contributed by atoms with Gasteiger partial charge >= 0.3 is 0 Å². The molecule has 2 aromatic rings. The SMILES string of the molecule is CCCC(=O)Nc1ccc(C2SCC(=O)N2c2ccc(C)c(F)c2)cc1. The molecular formula is C20H21FN2O2S. The molecule has 0 bridgehead atoms. The summed E-state index contributed by atoms with van der Waals surface area (Å²) < 4.78 is 13.9. The van der Waals surface area contributed by atoms with E-state index < -0.39 is 0 Å². The van der Waals surface area contributed by atoms with Crippen molar-refractivity contribution in [1.82, 2.24) is 0 Å². The van der Waals surface area contributed by atoms with Gasteiger partial charge in [-0.05, 0) is 48.7 Å². The van der Waals surface area contributed by atoms with Crippen molar-refractivity contribution < 1.29 is 14.0 Å². The number of benzene rings is 2. The van der Waals surface area contributed by atoms with Gasteiger partial charge in [0, 0.05) is 17.8 Å². The normalized spacial score (nSPS) is 16.8. The van der Waals surface area contributed by atoms with Crippen LogP contribution in [0.1, 0.15) is 36.3 Å². The fourth-order valence-corrected chi connectivity index (χ4v) is 4.04. The third-order valence-electron chi connectivity index (χ3n) is 4.26. The number of carbonyl (C=O) groups excluding carboxylic acids is 2. The molecule has 0 aliphatic carbocycles. The molecule has 4 nitrogen and oxygen atoms in total. The van der Waals surface area contributed by atoms with E-state index in [2.05, 4.69) is 5.32 Å². The average Bonchev–Trinajstić information content (AvgIpc) is 3.00. The minimum atomic E-state index is -0.320. The lowest BCUT2D eigenvalue weighted by Crippen LogP contribution is -2.27.